The van der Waals surface area contributed by atoms with Gasteiger partial charge in [-0.15, -0.1) is 11.3 Å². The number of hydrogen-bond donors (Lipinski definition) is 1. The molecule has 0 saturated heterocycles. The van der Waals surface area contributed by atoms with E-state index in [2.05, 4.69) is 10.4 Å². The number of aryl methyl sites for hydroxylation is 1. The van der Waals surface area contributed by atoms with Crippen LogP contribution >= 0.6 is 22.9 Å². The maximum Gasteiger partial charge on any atom is 0.256 e. The summed E-state index contributed by atoms with van der Waals surface area (Å²) in [6.45, 7) is 1.86. The molecule has 0 aliphatic carbocycles. The predicted molar refractivity (Wildman–Crippen MR) is 122 cm³/mol. The Labute approximate surface area is 188 Å². The molecular weight excluding hydrogens is 436 g/mol. The van der Waals surface area contributed by atoms with Crippen molar-refractivity contribution < 1.29 is 14.3 Å². The van der Waals surface area contributed by atoms with Crippen LogP contribution in [-0.2, 0) is 0 Å². The molecule has 0 aliphatic heterocycles. The van der Waals surface area contributed by atoms with Crippen molar-refractivity contribution in [3.63, 3.8) is 0 Å². The molecule has 7 nitrogen and oxygen atoms in total. The molecule has 0 radical (unpaired) electrons. The maximum absolute atomic E-state index is 12.6. The fourth-order valence-corrected chi connectivity index (χ4v) is 3.94. The van der Waals surface area contributed by atoms with Gasteiger partial charge in [-0.1, -0.05) is 11.6 Å². The van der Waals surface area contributed by atoms with E-state index in [9.17, 15) is 4.79 Å². The van der Waals surface area contributed by atoms with Crippen LogP contribution in [0.15, 0.2) is 53.9 Å². The summed E-state index contributed by atoms with van der Waals surface area (Å²) in [6, 6.07) is 14.1. The zero-order chi connectivity index (χ0) is 22.0. The molecule has 4 aromatic rings. The number of benzene rings is 2. The van der Waals surface area contributed by atoms with Crippen molar-refractivity contribution in [2.45, 2.75) is 6.92 Å². The number of hydrogen-bond acceptors (Lipinski definition) is 6. The topological polar surface area (TPSA) is 78.3 Å². The summed E-state index contributed by atoms with van der Waals surface area (Å²) >= 11 is 7.33. The average molecular weight is 455 g/mol. The van der Waals surface area contributed by atoms with Crippen molar-refractivity contribution in [2.75, 3.05) is 19.5 Å². The SMILES string of the molecule is COc1ccc(-c2csc(-n3nc(C)cc3NC(=O)c3ccc(Cl)cc3)n2)cc1OC. The number of rotatable bonds is 6. The van der Waals surface area contributed by atoms with E-state index < -0.39 is 0 Å². The van der Waals surface area contributed by atoms with Crippen molar-refractivity contribution in [1.82, 2.24) is 14.8 Å². The quantitative estimate of drug-likeness (QED) is 0.431. The monoisotopic (exact) mass is 454 g/mol. The van der Waals surface area contributed by atoms with Crippen molar-refractivity contribution in [1.29, 1.82) is 0 Å². The number of aromatic nitrogens is 3. The van der Waals surface area contributed by atoms with Crippen LogP contribution in [0.1, 0.15) is 16.1 Å². The lowest BCUT2D eigenvalue weighted by Crippen LogP contribution is -2.15. The van der Waals surface area contributed by atoms with Crippen LogP contribution in [0.2, 0.25) is 5.02 Å². The van der Waals surface area contributed by atoms with Gasteiger partial charge in [0.1, 0.15) is 5.82 Å². The number of nitrogens with one attached hydrogen (secondary N) is 1. The van der Waals surface area contributed by atoms with E-state index in [1.54, 1.807) is 49.2 Å². The largest absolute Gasteiger partial charge is 0.493 e. The number of methoxy groups -OCH3 is 2. The third-order valence-electron chi connectivity index (χ3n) is 4.53. The second-order valence-corrected chi connectivity index (χ2v) is 7.90. The summed E-state index contributed by atoms with van der Waals surface area (Å²) in [4.78, 5) is 17.3. The molecule has 2 aromatic heterocycles. The van der Waals surface area contributed by atoms with E-state index in [-0.39, 0.29) is 5.91 Å². The number of carbonyl (C=O) groups is 1. The van der Waals surface area contributed by atoms with Gasteiger partial charge in [0.05, 0.1) is 25.6 Å². The highest BCUT2D eigenvalue weighted by atomic mass is 35.5. The van der Waals surface area contributed by atoms with E-state index in [0.29, 0.717) is 33.0 Å². The second-order valence-electron chi connectivity index (χ2n) is 6.63. The third kappa shape index (κ3) is 4.40. The Morgan fingerprint density at radius 3 is 2.52 bits per heavy atom. The van der Waals surface area contributed by atoms with Gasteiger partial charge in [-0.25, -0.2) is 4.98 Å². The first-order valence-corrected chi connectivity index (χ1v) is 10.6. The Hall–Kier alpha value is -3.36. The molecule has 0 spiro atoms. The summed E-state index contributed by atoms with van der Waals surface area (Å²) in [5.74, 6) is 1.55. The smallest absolute Gasteiger partial charge is 0.256 e. The lowest BCUT2D eigenvalue weighted by Gasteiger charge is -2.08. The Bertz CT molecular complexity index is 1230. The molecule has 1 amide bonds. The lowest BCUT2D eigenvalue weighted by molar-refractivity contribution is 0.102. The summed E-state index contributed by atoms with van der Waals surface area (Å²) in [6.07, 6.45) is 0. The molecule has 4 rings (SSSR count). The maximum atomic E-state index is 12.6. The first-order chi connectivity index (χ1) is 15.0. The van der Waals surface area contributed by atoms with E-state index >= 15 is 0 Å². The van der Waals surface area contributed by atoms with Gasteiger partial charge in [0.25, 0.3) is 5.91 Å². The highest BCUT2D eigenvalue weighted by molar-refractivity contribution is 7.12. The van der Waals surface area contributed by atoms with Crippen LogP contribution in [0.25, 0.3) is 16.4 Å². The molecule has 31 heavy (non-hydrogen) atoms. The van der Waals surface area contributed by atoms with Gasteiger partial charge in [0.15, 0.2) is 11.5 Å². The number of thiazole rings is 1. The minimum absolute atomic E-state index is 0.255. The highest BCUT2D eigenvalue weighted by Crippen LogP contribution is 2.33. The zero-order valence-electron chi connectivity index (χ0n) is 17.0. The summed E-state index contributed by atoms with van der Waals surface area (Å²) in [5, 5.41) is 10.5. The average Bonchev–Trinajstić information content (AvgIpc) is 3.40. The molecule has 2 aromatic carbocycles. The van der Waals surface area contributed by atoms with Crippen molar-refractivity contribution in [3.8, 4) is 27.9 Å². The number of ether oxygens (including phenoxy) is 2. The van der Waals surface area contributed by atoms with Gasteiger partial charge in [-0.05, 0) is 49.4 Å². The van der Waals surface area contributed by atoms with Gasteiger partial charge >= 0.3 is 0 Å². The number of amides is 1. The number of nitrogens with zero attached hydrogens (tertiary/aromatic N) is 3. The molecule has 0 aliphatic rings. The number of halogens is 1. The molecule has 9 heteroatoms. The molecule has 0 saturated carbocycles. The fourth-order valence-electron chi connectivity index (χ4n) is 3.01. The molecule has 1 N–H and O–H groups in total. The van der Waals surface area contributed by atoms with Crippen LogP contribution in [-0.4, -0.2) is 34.9 Å². The third-order valence-corrected chi connectivity index (χ3v) is 5.60. The van der Waals surface area contributed by atoms with E-state index in [0.717, 1.165) is 17.0 Å². The van der Waals surface area contributed by atoms with Gasteiger partial charge in [-0.2, -0.15) is 9.78 Å². The van der Waals surface area contributed by atoms with Gasteiger partial charge in [0.2, 0.25) is 5.13 Å². The summed E-state index contributed by atoms with van der Waals surface area (Å²) in [5.41, 5.74) is 2.91. The number of carbonyl (C=O) groups excluding carboxylic acids is 1. The standard InChI is InChI=1S/C22H19ClN4O3S/c1-13-10-20(25-21(28)14-4-7-16(23)8-5-14)27(26-13)22-24-17(12-31-22)15-6-9-18(29-2)19(11-15)30-3/h4-12H,1-3H3,(H,25,28). The molecule has 0 unspecified atom stereocenters. The van der Waals surface area contributed by atoms with E-state index in [1.165, 1.54) is 11.3 Å². The normalized spacial score (nSPS) is 10.7. The molecule has 158 valence electrons. The molecule has 0 bridgehead atoms. The van der Waals surface area contributed by atoms with Gasteiger partial charge in [-0.3, -0.25) is 4.79 Å². The first kappa shape index (κ1) is 20.9. The summed E-state index contributed by atoms with van der Waals surface area (Å²) in [7, 11) is 3.19. The minimum Gasteiger partial charge on any atom is -0.493 e. The van der Waals surface area contributed by atoms with Crippen LogP contribution in [0, 0.1) is 6.92 Å². The van der Waals surface area contributed by atoms with E-state index in [4.69, 9.17) is 26.1 Å². The van der Waals surface area contributed by atoms with Gasteiger partial charge < -0.3 is 14.8 Å². The van der Waals surface area contributed by atoms with Crippen LogP contribution in [0.5, 0.6) is 11.5 Å². The Morgan fingerprint density at radius 2 is 1.81 bits per heavy atom. The first-order valence-electron chi connectivity index (χ1n) is 9.30. The lowest BCUT2D eigenvalue weighted by atomic mass is 10.1. The van der Waals surface area contributed by atoms with Crippen LogP contribution in [0.4, 0.5) is 5.82 Å². The fraction of sp³-hybridized carbons (Fsp3) is 0.136. The Kier molecular flexibility index (Phi) is 5.92. The molecular formula is C22H19ClN4O3S. The second kappa shape index (κ2) is 8.79. The van der Waals surface area contributed by atoms with Crippen molar-refractivity contribution in [3.05, 3.63) is 70.2 Å². The zero-order valence-corrected chi connectivity index (χ0v) is 18.6. The van der Waals surface area contributed by atoms with Crippen molar-refractivity contribution >= 4 is 34.7 Å². The van der Waals surface area contributed by atoms with Crippen LogP contribution < -0.4 is 14.8 Å². The van der Waals surface area contributed by atoms with Crippen molar-refractivity contribution in [2.24, 2.45) is 0 Å². The van der Waals surface area contributed by atoms with Gasteiger partial charge in [0, 0.05) is 27.6 Å². The van der Waals surface area contributed by atoms with Crippen LogP contribution in [0.3, 0.4) is 0 Å². The predicted octanol–water partition coefficient (Wildman–Crippen LogP) is 5.23. The molecule has 0 atom stereocenters. The molecule has 0 fully saturated rings. The number of anilines is 1. The minimum atomic E-state index is -0.255. The highest BCUT2D eigenvalue weighted by Gasteiger charge is 2.16. The Balaban J connectivity index is 1.62. The van der Waals surface area contributed by atoms with E-state index in [1.807, 2.05) is 30.5 Å². The Morgan fingerprint density at radius 1 is 1.06 bits per heavy atom. The summed E-state index contributed by atoms with van der Waals surface area (Å²) < 4.78 is 12.3. The molecule has 2 heterocycles.